The Hall–Kier alpha value is -2.96. The molecule has 0 fully saturated rings. The van der Waals surface area contributed by atoms with E-state index in [0.29, 0.717) is 12.1 Å². The minimum Gasteiger partial charge on any atom is -0.481 e. The predicted molar refractivity (Wildman–Crippen MR) is 102 cm³/mol. The molecule has 2 atom stereocenters. The number of rotatable bonds is 5. The molecule has 1 heterocycles. The molecule has 13 heteroatoms. The molecular weight excluding hydrogens is 483 g/mol. The summed E-state index contributed by atoms with van der Waals surface area (Å²) in [6.07, 6.45) is -15.3. The van der Waals surface area contributed by atoms with Crippen molar-refractivity contribution in [3.63, 3.8) is 0 Å². The Morgan fingerprint density at radius 3 is 1.94 bits per heavy atom. The van der Waals surface area contributed by atoms with Gasteiger partial charge < -0.3 is 15.7 Å². The molecule has 0 saturated heterocycles. The molecule has 0 aliphatic carbocycles. The molecule has 1 aliphatic rings. The Kier molecular flexibility index (Phi) is 6.80. The van der Waals surface area contributed by atoms with Crippen LogP contribution in [0.1, 0.15) is 46.7 Å². The lowest BCUT2D eigenvalue weighted by Crippen LogP contribution is -2.36. The molecule has 0 amide bonds. The van der Waals surface area contributed by atoms with Crippen LogP contribution in [0.15, 0.2) is 36.4 Å². The van der Waals surface area contributed by atoms with Gasteiger partial charge in [0.1, 0.15) is 0 Å². The lowest BCUT2D eigenvalue weighted by atomic mass is 9.90. The number of benzene rings is 2. The highest BCUT2D eigenvalue weighted by Crippen LogP contribution is 2.40. The fraction of sp³-hybridized carbons (Fsp3) is 0.381. The minimum atomic E-state index is -5.05. The highest BCUT2D eigenvalue weighted by atomic mass is 19.4. The molecule has 0 aromatic heterocycles. The number of fused-ring (bicyclic) bond motifs is 1. The van der Waals surface area contributed by atoms with Crippen molar-refractivity contribution >= 4 is 11.7 Å². The van der Waals surface area contributed by atoms with Crippen LogP contribution in [0.3, 0.4) is 0 Å². The largest absolute Gasteiger partial charge is 0.481 e. The Labute approximate surface area is 186 Å². The van der Waals surface area contributed by atoms with Gasteiger partial charge in [0.2, 0.25) is 0 Å². The lowest BCUT2D eigenvalue weighted by Gasteiger charge is -2.34. The minimum absolute atomic E-state index is 0.0260. The maximum atomic E-state index is 13.2. The van der Waals surface area contributed by atoms with Crippen LogP contribution in [0, 0.1) is 0 Å². The molecule has 4 nitrogen and oxygen atoms in total. The highest BCUT2D eigenvalue weighted by Gasteiger charge is 2.37. The van der Waals surface area contributed by atoms with E-state index in [9.17, 15) is 44.3 Å². The summed E-state index contributed by atoms with van der Waals surface area (Å²) in [5, 5.41) is 14.6. The Balaban J connectivity index is 1.94. The van der Waals surface area contributed by atoms with Crippen molar-refractivity contribution in [2.45, 2.75) is 50.0 Å². The van der Waals surface area contributed by atoms with Gasteiger partial charge in [-0.2, -0.15) is 39.5 Å². The summed E-state index contributed by atoms with van der Waals surface area (Å²) in [5.41, 5.74) is -4.18. The predicted octanol–water partition coefficient (Wildman–Crippen LogP) is 6.23. The van der Waals surface area contributed by atoms with E-state index in [1.54, 1.807) is 0 Å². The second-order valence-electron chi connectivity index (χ2n) is 7.82. The van der Waals surface area contributed by atoms with Gasteiger partial charge in [0.05, 0.1) is 23.1 Å². The summed E-state index contributed by atoms with van der Waals surface area (Å²) in [6, 6.07) is 2.02. The fourth-order valence-electron chi connectivity index (χ4n) is 3.75. The molecule has 3 N–H and O–H groups in total. The Morgan fingerprint density at radius 2 is 1.44 bits per heavy atom. The van der Waals surface area contributed by atoms with Crippen LogP contribution in [0.5, 0.6) is 0 Å². The molecule has 0 unspecified atom stereocenters. The number of hydrogen-bond acceptors (Lipinski definition) is 3. The molecule has 34 heavy (non-hydrogen) atoms. The SMILES string of the molecule is O=C(O)C[C@@H]1C[C@H](NCc2cc(C(F)(F)F)cc(C(F)(F)F)c2)c2cc(C(F)(F)F)ccc2N1. The lowest BCUT2D eigenvalue weighted by molar-refractivity contribution is -0.143. The quantitative estimate of drug-likeness (QED) is 0.426. The number of alkyl halides is 9. The number of halogens is 9. The van der Waals surface area contributed by atoms with Crippen LogP contribution < -0.4 is 10.6 Å². The highest BCUT2D eigenvalue weighted by molar-refractivity contribution is 5.69. The third-order valence-corrected chi connectivity index (χ3v) is 5.26. The smallest absolute Gasteiger partial charge is 0.416 e. The zero-order valence-electron chi connectivity index (χ0n) is 17.0. The second kappa shape index (κ2) is 9.01. The number of hydrogen-bond donors (Lipinski definition) is 3. The van der Waals surface area contributed by atoms with E-state index in [0.717, 1.165) is 18.2 Å². The van der Waals surface area contributed by atoms with E-state index in [1.807, 2.05) is 0 Å². The topological polar surface area (TPSA) is 61.4 Å². The van der Waals surface area contributed by atoms with Gasteiger partial charge in [0, 0.05) is 24.3 Å². The molecule has 0 radical (unpaired) electrons. The van der Waals surface area contributed by atoms with Crippen LogP contribution in [-0.4, -0.2) is 17.1 Å². The van der Waals surface area contributed by atoms with E-state index in [-0.39, 0.29) is 29.3 Å². The summed E-state index contributed by atoms with van der Waals surface area (Å²) in [7, 11) is 0. The second-order valence-corrected chi connectivity index (χ2v) is 7.82. The van der Waals surface area contributed by atoms with Gasteiger partial charge in [0.15, 0.2) is 0 Å². The van der Waals surface area contributed by atoms with Gasteiger partial charge in [-0.1, -0.05) is 0 Å². The van der Waals surface area contributed by atoms with Crippen LogP contribution in [0.25, 0.3) is 0 Å². The van der Waals surface area contributed by atoms with Crippen LogP contribution in [0.2, 0.25) is 0 Å². The first-order valence-electron chi connectivity index (χ1n) is 9.75. The van der Waals surface area contributed by atoms with Gasteiger partial charge in [-0.15, -0.1) is 0 Å². The van der Waals surface area contributed by atoms with E-state index >= 15 is 0 Å². The molecule has 0 saturated carbocycles. The van der Waals surface area contributed by atoms with Crippen LogP contribution >= 0.6 is 0 Å². The molecule has 3 rings (SSSR count). The van der Waals surface area contributed by atoms with Crippen molar-refractivity contribution < 1.29 is 49.4 Å². The maximum Gasteiger partial charge on any atom is 0.416 e. The van der Waals surface area contributed by atoms with Crippen molar-refractivity contribution in [1.29, 1.82) is 0 Å². The van der Waals surface area contributed by atoms with E-state index in [4.69, 9.17) is 5.11 Å². The molecule has 1 aliphatic heterocycles. The number of carboxylic acids is 1. The van der Waals surface area contributed by atoms with Crippen molar-refractivity contribution in [3.05, 3.63) is 64.2 Å². The molecule has 186 valence electrons. The standard InChI is InChI=1S/C21H17F9N2O2/c22-19(23,24)11-1-2-16-15(6-11)17(7-14(32-16)8-18(33)34)31-9-10-3-12(20(25,26)27)5-13(4-10)21(28,29)30/h1-6,14,17,31-32H,7-9H2,(H,33,34)/t14-,17-/m0/s1. The number of carbonyl (C=O) groups is 1. The molecule has 0 spiro atoms. The van der Waals surface area contributed by atoms with E-state index in [2.05, 4.69) is 10.6 Å². The normalized spacial score (nSPS) is 18.9. The molecule has 0 bridgehead atoms. The third-order valence-electron chi connectivity index (χ3n) is 5.26. The first-order valence-corrected chi connectivity index (χ1v) is 9.75. The van der Waals surface area contributed by atoms with E-state index < -0.39 is 66.2 Å². The first-order chi connectivity index (χ1) is 15.5. The summed E-state index contributed by atoms with van der Waals surface area (Å²) in [5.74, 6) is -1.20. The first kappa shape index (κ1) is 25.7. The number of anilines is 1. The van der Waals surface area contributed by atoms with Crippen LogP contribution in [0.4, 0.5) is 45.2 Å². The number of nitrogens with one attached hydrogen (secondary N) is 2. The van der Waals surface area contributed by atoms with Crippen molar-refractivity contribution in [3.8, 4) is 0 Å². The average molecular weight is 500 g/mol. The number of aliphatic carboxylic acids is 1. The van der Waals surface area contributed by atoms with Gasteiger partial charge in [-0.05, 0) is 53.9 Å². The van der Waals surface area contributed by atoms with Crippen molar-refractivity contribution in [2.24, 2.45) is 0 Å². The summed E-state index contributed by atoms with van der Waals surface area (Å²) in [6.45, 7) is -0.535. The monoisotopic (exact) mass is 500 g/mol. The summed E-state index contributed by atoms with van der Waals surface area (Å²) in [4.78, 5) is 11.1. The summed E-state index contributed by atoms with van der Waals surface area (Å²) >= 11 is 0. The van der Waals surface area contributed by atoms with E-state index in [1.165, 1.54) is 0 Å². The van der Waals surface area contributed by atoms with Gasteiger partial charge in [0.25, 0.3) is 0 Å². The third kappa shape index (κ3) is 6.13. The maximum absolute atomic E-state index is 13.2. The number of carboxylic acid groups (broad SMARTS) is 1. The zero-order valence-corrected chi connectivity index (χ0v) is 17.0. The van der Waals surface area contributed by atoms with Crippen molar-refractivity contribution in [1.82, 2.24) is 5.32 Å². The van der Waals surface area contributed by atoms with Gasteiger partial charge >= 0.3 is 24.5 Å². The fourth-order valence-corrected chi connectivity index (χ4v) is 3.75. The van der Waals surface area contributed by atoms with Gasteiger partial charge in [-0.25, -0.2) is 0 Å². The summed E-state index contributed by atoms with van der Waals surface area (Å²) < 4.78 is 118. The Bertz CT molecular complexity index is 1030. The Morgan fingerprint density at radius 1 is 0.882 bits per heavy atom. The van der Waals surface area contributed by atoms with Crippen LogP contribution in [-0.2, 0) is 29.9 Å². The molecular formula is C21H17F9N2O2. The molecule has 2 aromatic rings. The zero-order chi connectivity index (χ0) is 25.5. The van der Waals surface area contributed by atoms with Crippen molar-refractivity contribution in [2.75, 3.05) is 5.32 Å². The van der Waals surface area contributed by atoms with Gasteiger partial charge in [-0.3, -0.25) is 4.79 Å². The molecule has 2 aromatic carbocycles. The average Bonchev–Trinajstić information content (AvgIpc) is 2.69.